The molecule has 1 N–H and O–H groups in total. The van der Waals surface area contributed by atoms with Gasteiger partial charge in [-0.05, 0) is 23.3 Å². The van der Waals surface area contributed by atoms with E-state index in [4.69, 9.17) is 10.00 Å². The van der Waals surface area contributed by atoms with Crippen LogP contribution in [0.1, 0.15) is 5.56 Å². The highest BCUT2D eigenvalue weighted by atomic mass is 32.1. The van der Waals surface area contributed by atoms with Crippen molar-refractivity contribution < 1.29 is 9.84 Å². The fraction of sp³-hybridized carbons (Fsp3) is 0.174. The Kier molecular flexibility index (Phi) is 5.89. The van der Waals surface area contributed by atoms with E-state index >= 15 is 0 Å². The Morgan fingerprint density at radius 2 is 1.93 bits per heavy atom. The summed E-state index contributed by atoms with van der Waals surface area (Å²) in [5, 5.41) is 21.6. The van der Waals surface area contributed by atoms with Crippen molar-refractivity contribution in [3.05, 3.63) is 82.2 Å². The molecule has 0 saturated carbocycles. The Morgan fingerprint density at radius 1 is 1.17 bits per heavy atom. The molecule has 4 aromatic rings. The molecule has 0 saturated heterocycles. The van der Waals surface area contributed by atoms with E-state index in [0.717, 1.165) is 16.7 Å². The number of aliphatic hydroxyl groups is 1. The summed E-state index contributed by atoms with van der Waals surface area (Å²) >= 11 is 1.43. The number of thiophene rings is 1. The Morgan fingerprint density at radius 3 is 2.67 bits per heavy atom. The number of hydrogen-bond acceptors (Lipinski definition) is 6. The molecule has 7 heteroatoms. The molecule has 1 unspecified atom stereocenters. The highest BCUT2D eigenvalue weighted by Crippen LogP contribution is 2.30. The van der Waals surface area contributed by atoms with Crippen LogP contribution in [0.5, 0.6) is 5.75 Å². The zero-order valence-electron chi connectivity index (χ0n) is 16.1. The van der Waals surface area contributed by atoms with Gasteiger partial charge in [0, 0.05) is 10.9 Å². The summed E-state index contributed by atoms with van der Waals surface area (Å²) in [6.45, 7) is 0.121. The van der Waals surface area contributed by atoms with Crippen LogP contribution in [0.15, 0.2) is 71.1 Å². The first-order valence-electron chi connectivity index (χ1n) is 9.44. The monoisotopic (exact) mass is 417 g/mol. The Bertz CT molecular complexity index is 1240. The lowest BCUT2D eigenvalue weighted by Gasteiger charge is -2.14. The standard InChI is InChI=1S/C23H19N3O3S/c24-11-10-16-6-8-19(9-7-16)29-13-18(27)12-26-15-25-22-21(23(26)28)20(14-30-22)17-4-2-1-3-5-17/h1-9,14-15,18,27H,10,12-13H2. The molecule has 1 atom stereocenters. The number of nitriles is 1. The van der Waals surface area contributed by atoms with Gasteiger partial charge in [-0.15, -0.1) is 11.3 Å². The summed E-state index contributed by atoms with van der Waals surface area (Å²) in [6, 6.07) is 19.0. The van der Waals surface area contributed by atoms with Crippen molar-refractivity contribution in [1.82, 2.24) is 9.55 Å². The number of aromatic nitrogens is 2. The van der Waals surface area contributed by atoms with E-state index in [9.17, 15) is 9.90 Å². The first-order valence-corrected chi connectivity index (χ1v) is 10.3. The van der Waals surface area contributed by atoms with Crippen molar-refractivity contribution >= 4 is 21.6 Å². The summed E-state index contributed by atoms with van der Waals surface area (Å²) in [4.78, 5) is 18.1. The Labute approximate surface area is 177 Å². The Balaban J connectivity index is 1.49. The zero-order chi connectivity index (χ0) is 20.9. The third kappa shape index (κ3) is 4.25. The molecule has 150 valence electrons. The second-order valence-electron chi connectivity index (χ2n) is 6.84. The largest absolute Gasteiger partial charge is 0.491 e. The smallest absolute Gasteiger partial charge is 0.262 e. The van der Waals surface area contributed by atoms with Crippen LogP contribution in [0.2, 0.25) is 0 Å². The average molecular weight is 417 g/mol. The van der Waals surface area contributed by atoms with Crippen molar-refractivity contribution in [1.29, 1.82) is 5.26 Å². The molecule has 0 radical (unpaired) electrons. The van der Waals surface area contributed by atoms with Crippen molar-refractivity contribution in [2.24, 2.45) is 0 Å². The van der Waals surface area contributed by atoms with E-state index < -0.39 is 6.10 Å². The van der Waals surface area contributed by atoms with Gasteiger partial charge in [0.1, 0.15) is 23.3 Å². The van der Waals surface area contributed by atoms with Crippen LogP contribution < -0.4 is 10.3 Å². The quantitative estimate of drug-likeness (QED) is 0.496. The van der Waals surface area contributed by atoms with E-state index in [0.29, 0.717) is 22.4 Å². The third-order valence-corrected chi connectivity index (χ3v) is 5.59. The molecular weight excluding hydrogens is 398 g/mol. The van der Waals surface area contributed by atoms with E-state index in [-0.39, 0.29) is 18.7 Å². The molecule has 0 spiro atoms. The normalized spacial score (nSPS) is 11.9. The van der Waals surface area contributed by atoms with Gasteiger partial charge in [-0.2, -0.15) is 5.26 Å². The van der Waals surface area contributed by atoms with Crippen molar-refractivity contribution in [3.63, 3.8) is 0 Å². The molecule has 0 aliphatic rings. The van der Waals surface area contributed by atoms with Crippen LogP contribution >= 0.6 is 11.3 Å². The van der Waals surface area contributed by atoms with Gasteiger partial charge in [0.15, 0.2) is 0 Å². The molecule has 0 aliphatic heterocycles. The zero-order valence-corrected chi connectivity index (χ0v) is 16.9. The second kappa shape index (κ2) is 8.91. The van der Waals surface area contributed by atoms with E-state index in [1.165, 1.54) is 22.2 Å². The highest BCUT2D eigenvalue weighted by molar-refractivity contribution is 7.17. The first-order chi connectivity index (χ1) is 14.7. The average Bonchev–Trinajstić information content (AvgIpc) is 3.21. The van der Waals surface area contributed by atoms with Crippen LogP contribution in [0.4, 0.5) is 0 Å². The minimum atomic E-state index is -0.875. The number of hydrogen-bond donors (Lipinski definition) is 1. The third-order valence-electron chi connectivity index (χ3n) is 4.70. The van der Waals surface area contributed by atoms with Crippen molar-refractivity contribution in [2.45, 2.75) is 19.1 Å². The maximum atomic E-state index is 13.0. The van der Waals surface area contributed by atoms with E-state index in [1.54, 1.807) is 12.1 Å². The molecule has 2 aromatic heterocycles. The van der Waals surface area contributed by atoms with Gasteiger partial charge in [0.2, 0.25) is 0 Å². The summed E-state index contributed by atoms with van der Waals surface area (Å²) in [6.07, 6.45) is 0.935. The fourth-order valence-corrected chi connectivity index (χ4v) is 4.10. The van der Waals surface area contributed by atoms with Gasteiger partial charge < -0.3 is 9.84 Å². The minimum Gasteiger partial charge on any atom is -0.491 e. The SMILES string of the molecule is N#CCc1ccc(OCC(O)Cn2cnc3scc(-c4ccccc4)c3c2=O)cc1. The first kappa shape index (κ1) is 19.8. The van der Waals surface area contributed by atoms with Gasteiger partial charge in [-0.3, -0.25) is 9.36 Å². The molecule has 0 fully saturated rings. The van der Waals surface area contributed by atoms with E-state index in [2.05, 4.69) is 11.1 Å². The molecular formula is C23H19N3O3S. The van der Waals surface area contributed by atoms with Gasteiger partial charge in [-0.25, -0.2) is 4.98 Å². The molecule has 0 bridgehead atoms. The van der Waals surface area contributed by atoms with Crippen LogP contribution in [-0.2, 0) is 13.0 Å². The Hall–Kier alpha value is -3.47. The molecule has 0 amide bonds. The number of nitrogens with zero attached hydrogens (tertiary/aromatic N) is 3. The van der Waals surface area contributed by atoms with Crippen LogP contribution in [0.3, 0.4) is 0 Å². The summed E-state index contributed by atoms with van der Waals surface area (Å²) < 4.78 is 7.03. The predicted octanol–water partition coefficient (Wildman–Crippen LogP) is 3.63. The lowest BCUT2D eigenvalue weighted by Crippen LogP contribution is -2.30. The van der Waals surface area contributed by atoms with Crippen molar-refractivity contribution in [3.8, 4) is 22.9 Å². The lowest BCUT2D eigenvalue weighted by atomic mass is 10.1. The summed E-state index contributed by atoms with van der Waals surface area (Å²) in [7, 11) is 0. The topological polar surface area (TPSA) is 88.1 Å². The van der Waals surface area contributed by atoms with E-state index in [1.807, 2.05) is 47.8 Å². The second-order valence-corrected chi connectivity index (χ2v) is 7.70. The van der Waals surface area contributed by atoms with Gasteiger partial charge in [-0.1, -0.05) is 42.5 Å². The summed E-state index contributed by atoms with van der Waals surface area (Å²) in [5.41, 5.74) is 2.54. The van der Waals surface area contributed by atoms with Crippen LogP contribution in [0, 0.1) is 11.3 Å². The van der Waals surface area contributed by atoms with Crippen LogP contribution in [0.25, 0.3) is 21.3 Å². The van der Waals surface area contributed by atoms with Gasteiger partial charge in [0.05, 0.1) is 30.7 Å². The number of fused-ring (bicyclic) bond motifs is 1. The highest BCUT2D eigenvalue weighted by Gasteiger charge is 2.15. The fourth-order valence-electron chi connectivity index (χ4n) is 3.19. The molecule has 2 aromatic carbocycles. The number of ether oxygens (including phenoxy) is 1. The number of rotatable bonds is 7. The van der Waals surface area contributed by atoms with Crippen molar-refractivity contribution in [2.75, 3.05) is 6.61 Å². The maximum absolute atomic E-state index is 13.0. The van der Waals surface area contributed by atoms with Gasteiger partial charge >= 0.3 is 0 Å². The number of benzene rings is 2. The maximum Gasteiger partial charge on any atom is 0.262 e. The van der Waals surface area contributed by atoms with Crippen LogP contribution in [-0.4, -0.2) is 27.4 Å². The molecule has 30 heavy (non-hydrogen) atoms. The minimum absolute atomic E-state index is 0.0389. The lowest BCUT2D eigenvalue weighted by molar-refractivity contribution is 0.0915. The summed E-state index contributed by atoms with van der Waals surface area (Å²) in [5.74, 6) is 0.598. The molecule has 6 nitrogen and oxygen atoms in total. The predicted molar refractivity (Wildman–Crippen MR) is 117 cm³/mol. The molecule has 2 heterocycles. The molecule has 0 aliphatic carbocycles. The molecule has 4 rings (SSSR count). The van der Waals surface area contributed by atoms with Gasteiger partial charge in [0.25, 0.3) is 5.56 Å². The number of aliphatic hydroxyl groups excluding tert-OH is 1.